The molecule has 1 fully saturated rings. The molecule has 1 aliphatic rings. The Morgan fingerprint density at radius 2 is 1.90 bits per heavy atom. The molecule has 0 unspecified atom stereocenters. The second-order valence-electron chi connectivity index (χ2n) is 6.53. The standard InChI is InChI=1S/C20H25N3O4S2/c1-2-28-20-10-6-17(15-21-20)22-19(24)9-5-16-3-7-18(8-4-16)29(25,26)23-11-13-27-14-12-23/h3-4,6-8,10,15H,2,5,9,11-14H2,1H3,(H,22,24). The van der Waals surface area contributed by atoms with E-state index in [2.05, 4.69) is 17.2 Å². The zero-order valence-electron chi connectivity index (χ0n) is 16.3. The van der Waals surface area contributed by atoms with Crippen molar-refractivity contribution >= 4 is 33.4 Å². The van der Waals surface area contributed by atoms with Crippen molar-refractivity contribution in [3.05, 3.63) is 48.2 Å². The maximum Gasteiger partial charge on any atom is 0.243 e. The highest BCUT2D eigenvalue weighted by molar-refractivity contribution is 7.99. The number of benzene rings is 1. The third-order valence-electron chi connectivity index (χ3n) is 4.48. The van der Waals surface area contributed by atoms with Crippen LogP contribution in [0, 0.1) is 0 Å². The van der Waals surface area contributed by atoms with Gasteiger partial charge >= 0.3 is 0 Å². The van der Waals surface area contributed by atoms with Gasteiger partial charge in [-0.2, -0.15) is 4.31 Å². The Balaban J connectivity index is 1.52. The topological polar surface area (TPSA) is 88.6 Å². The second kappa shape index (κ2) is 10.2. The molecule has 29 heavy (non-hydrogen) atoms. The summed E-state index contributed by atoms with van der Waals surface area (Å²) < 4.78 is 31.9. The van der Waals surface area contributed by atoms with Gasteiger partial charge in [0, 0.05) is 19.5 Å². The van der Waals surface area contributed by atoms with Gasteiger partial charge in [-0.15, -0.1) is 11.8 Å². The average molecular weight is 436 g/mol. The van der Waals surface area contributed by atoms with Crippen LogP contribution in [0.3, 0.4) is 0 Å². The summed E-state index contributed by atoms with van der Waals surface area (Å²) in [6.07, 6.45) is 2.49. The average Bonchev–Trinajstić information content (AvgIpc) is 2.75. The molecule has 9 heteroatoms. The number of hydrogen-bond donors (Lipinski definition) is 1. The van der Waals surface area contributed by atoms with Crippen LogP contribution in [0.15, 0.2) is 52.5 Å². The van der Waals surface area contributed by atoms with Crippen LogP contribution < -0.4 is 5.32 Å². The molecule has 156 valence electrons. The normalized spacial score (nSPS) is 15.2. The first-order chi connectivity index (χ1) is 14.0. The highest BCUT2D eigenvalue weighted by Gasteiger charge is 2.26. The molecule has 0 spiro atoms. The van der Waals surface area contributed by atoms with Gasteiger partial charge in [0.25, 0.3) is 0 Å². The number of ether oxygens (including phenoxy) is 1. The molecule has 0 radical (unpaired) electrons. The summed E-state index contributed by atoms with van der Waals surface area (Å²) in [7, 11) is -3.49. The fraction of sp³-hybridized carbons (Fsp3) is 0.400. The van der Waals surface area contributed by atoms with Gasteiger partial charge in [0.2, 0.25) is 15.9 Å². The SMILES string of the molecule is CCSc1ccc(NC(=O)CCc2ccc(S(=O)(=O)N3CCOCC3)cc2)cn1. The molecular weight excluding hydrogens is 410 g/mol. The lowest BCUT2D eigenvalue weighted by Crippen LogP contribution is -2.40. The van der Waals surface area contributed by atoms with Gasteiger partial charge in [-0.3, -0.25) is 4.79 Å². The first-order valence-electron chi connectivity index (χ1n) is 9.54. The predicted octanol–water partition coefficient (Wildman–Crippen LogP) is 2.79. The monoisotopic (exact) mass is 435 g/mol. The number of aryl methyl sites for hydroxylation is 1. The van der Waals surface area contributed by atoms with Crippen molar-refractivity contribution in [3.63, 3.8) is 0 Å². The number of amides is 1. The summed E-state index contributed by atoms with van der Waals surface area (Å²) in [5, 5.41) is 3.76. The summed E-state index contributed by atoms with van der Waals surface area (Å²) in [5.41, 5.74) is 1.58. The molecule has 1 saturated heterocycles. The number of carbonyl (C=O) groups excluding carboxylic acids is 1. The van der Waals surface area contributed by atoms with E-state index in [-0.39, 0.29) is 10.8 Å². The molecule has 2 aromatic rings. The molecule has 3 rings (SSSR count). The maximum atomic E-state index is 12.6. The minimum absolute atomic E-state index is 0.104. The summed E-state index contributed by atoms with van der Waals surface area (Å²) >= 11 is 1.65. The summed E-state index contributed by atoms with van der Waals surface area (Å²) in [5.74, 6) is 0.846. The first kappa shape index (κ1) is 21.8. The summed E-state index contributed by atoms with van der Waals surface area (Å²) in [6.45, 7) is 3.64. The van der Waals surface area contributed by atoms with E-state index in [1.54, 1.807) is 42.2 Å². The number of sulfonamides is 1. The molecule has 1 N–H and O–H groups in total. The van der Waals surface area contributed by atoms with Crippen molar-refractivity contribution in [2.45, 2.75) is 29.7 Å². The van der Waals surface area contributed by atoms with E-state index >= 15 is 0 Å². The lowest BCUT2D eigenvalue weighted by molar-refractivity contribution is -0.116. The van der Waals surface area contributed by atoms with Crippen LogP contribution >= 0.6 is 11.8 Å². The van der Waals surface area contributed by atoms with E-state index in [1.807, 2.05) is 12.1 Å². The Morgan fingerprint density at radius 1 is 1.17 bits per heavy atom. The number of pyridine rings is 1. The fourth-order valence-corrected chi connectivity index (χ4v) is 4.93. The summed E-state index contributed by atoms with van der Waals surface area (Å²) in [4.78, 5) is 16.7. The number of carbonyl (C=O) groups is 1. The van der Waals surface area contributed by atoms with Gasteiger partial charge in [-0.25, -0.2) is 13.4 Å². The van der Waals surface area contributed by atoms with Crippen molar-refractivity contribution in [1.29, 1.82) is 0 Å². The van der Waals surface area contributed by atoms with Gasteiger partial charge in [-0.05, 0) is 42.0 Å². The second-order valence-corrected chi connectivity index (χ2v) is 9.75. The number of rotatable bonds is 8. The number of hydrogen-bond acceptors (Lipinski definition) is 6. The molecule has 1 aromatic heterocycles. The number of morpholine rings is 1. The Labute approximate surface area is 175 Å². The molecule has 1 aliphatic heterocycles. The molecule has 0 aliphatic carbocycles. The number of thioether (sulfide) groups is 1. The number of nitrogens with one attached hydrogen (secondary N) is 1. The van der Waals surface area contributed by atoms with Gasteiger partial charge in [0.15, 0.2) is 0 Å². The molecule has 1 amide bonds. The quantitative estimate of drug-likeness (QED) is 0.642. The van der Waals surface area contributed by atoms with Crippen molar-refractivity contribution in [2.75, 3.05) is 37.4 Å². The molecule has 1 aromatic carbocycles. The largest absolute Gasteiger partial charge is 0.379 e. The minimum Gasteiger partial charge on any atom is -0.379 e. The fourth-order valence-electron chi connectivity index (χ4n) is 2.93. The smallest absolute Gasteiger partial charge is 0.243 e. The molecular formula is C20H25N3O4S2. The maximum absolute atomic E-state index is 12.6. The Kier molecular flexibility index (Phi) is 7.65. The van der Waals surface area contributed by atoms with Crippen LogP contribution in [0.25, 0.3) is 0 Å². The van der Waals surface area contributed by atoms with Crippen LogP contribution in [0.1, 0.15) is 18.9 Å². The third-order valence-corrected chi connectivity index (χ3v) is 7.22. The van der Waals surface area contributed by atoms with E-state index in [1.165, 1.54) is 4.31 Å². The first-order valence-corrected chi connectivity index (χ1v) is 12.0. The van der Waals surface area contributed by atoms with Crippen LogP contribution in [-0.4, -0.2) is 55.7 Å². The lowest BCUT2D eigenvalue weighted by Gasteiger charge is -2.26. The minimum atomic E-state index is -3.49. The highest BCUT2D eigenvalue weighted by Crippen LogP contribution is 2.19. The van der Waals surface area contributed by atoms with E-state index in [0.29, 0.717) is 44.8 Å². The Hall–Kier alpha value is -1.94. The number of aromatic nitrogens is 1. The molecule has 0 saturated carbocycles. The zero-order chi connectivity index (χ0) is 20.7. The van der Waals surface area contributed by atoms with Gasteiger partial charge < -0.3 is 10.1 Å². The van der Waals surface area contributed by atoms with Crippen LogP contribution in [0.4, 0.5) is 5.69 Å². The highest BCUT2D eigenvalue weighted by atomic mass is 32.2. The Morgan fingerprint density at radius 3 is 2.52 bits per heavy atom. The number of anilines is 1. The molecule has 0 bridgehead atoms. The Bertz CT molecular complexity index is 910. The molecule has 0 atom stereocenters. The number of nitrogens with zero attached hydrogens (tertiary/aromatic N) is 2. The van der Waals surface area contributed by atoms with Crippen molar-refractivity contribution < 1.29 is 17.9 Å². The van der Waals surface area contributed by atoms with Gasteiger partial charge in [0.05, 0.1) is 35.0 Å². The van der Waals surface area contributed by atoms with Crippen LogP contribution in [0.5, 0.6) is 0 Å². The lowest BCUT2D eigenvalue weighted by atomic mass is 10.1. The molecule has 7 nitrogen and oxygen atoms in total. The van der Waals surface area contributed by atoms with Crippen LogP contribution in [0.2, 0.25) is 0 Å². The predicted molar refractivity (Wildman–Crippen MR) is 114 cm³/mol. The van der Waals surface area contributed by atoms with Crippen molar-refractivity contribution in [1.82, 2.24) is 9.29 Å². The van der Waals surface area contributed by atoms with Crippen LogP contribution in [-0.2, 0) is 26.0 Å². The van der Waals surface area contributed by atoms with Gasteiger partial charge in [-0.1, -0.05) is 19.1 Å². The zero-order valence-corrected chi connectivity index (χ0v) is 18.0. The van der Waals surface area contributed by atoms with Crippen molar-refractivity contribution in [3.8, 4) is 0 Å². The third kappa shape index (κ3) is 6.02. The van der Waals surface area contributed by atoms with Crippen molar-refractivity contribution in [2.24, 2.45) is 0 Å². The van der Waals surface area contributed by atoms with E-state index in [4.69, 9.17) is 4.74 Å². The summed E-state index contributed by atoms with van der Waals surface area (Å²) in [6, 6.07) is 10.5. The van der Waals surface area contributed by atoms with Gasteiger partial charge in [0.1, 0.15) is 0 Å². The van der Waals surface area contributed by atoms with E-state index < -0.39 is 10.0 Å². The van der Waals surface area contributed by atoms with E-state index in [0.717, 1.165) is 16.3 Å². The molecule has 2 heterocycles. The van der Waals surface area contributed by atoms with E-state index in [9.17, 15) is 13.2 Å².